The van der Waals surface area contributed by atoms with E-state index in [0.717, 1.165) is 11.1 Å². The van der Waals surface area contributed by atoms with E-state index in [4.69, 9.17) is 4.74 Å². The van der Waals surface area contributed by atoms with Crippen molar-refractivity contribution in [1.29, 1.82) is 0 Å². The molecule has 1 aliphatic heterocycles. The van der Waals surface area contributed by atoms with Crippen LogP contribution in [0.4, 0.5) is 4.39 Å². The molecule has 5 nitrogen and oxygen atoms in total. The van der Waals surface area contributed by atoms with Gasteiger partial charge in [-0.25, -0.2) is 12.8 Å². The van der Waals surface area contributed by atoms with Crippen LogP contribution in [-0.2, 0) is 16.4 Å². The molecule has 0 aromatic heterocycles. The first kappa shape index (κ1) is 20.8. The predicted molar refractivity (Wildman–Crippen MR) is 107 cm³/mol. The molecule has 7 heteroatoms. The molecule has 2 aromatic carbocycles. The summed E-state index contributed by atoms with van der Waals surface area (Å²) in [6.07, 6.45) is -0.237. The van der Waals surface area contributed by atoms with E-state index >= 15 is 0 Å². The summed E-state index contributed by atoms with van der Waals surface area (Å²) >= 11 is 0. The van der Waals surface area contributed by atoms with Gasteiger partial charge in [-0.1, -0.05) is 24.3 Å². The second kappa shape index (κ2) is 9.03. The van der Waals surface area contributed by atoms with E-state index < -0.39 is 15.9 Å². The topological polar surface area (TPSA) is 66.8 Å². The molecule has 152 valence electrons. The molecule has 2 unspecified atom stereocenters. The average Bonchev–Trinajstić information content (AvgIpc) is 3.01. The summed E-state index contributed by atoms with van der Waals surface area (Å²) in [5.41, 5.74) is 1.94. The lowest BCUT2D eigenvalue weighted by Crippen LogP contribution is -2.42. The molecule has 0 aliphatic carbocycles. The van der Waals surface area contributed by atoms with E-state index in [9.17, 15) is 17.9 Å². The van der Waals surface area contributed by atoms with Crippen molar-refractivity contribution in [2.75, 3.05) is 24.7 Å². The second-order valence-corrected chi connectivity index (χ2v) is 9.62. The van der Waals surface area contributed by atoms with Crippen LogP contribution >= 0.6 is 0 Å². The molecule has 0 spiro atoms. The number of rotatable bonds is 8. The molecular formula is C21H26FNO4S. The standard InChI is InChI=1S/C21H26FNO4S/c1-16-3-2-4-21(11-16)27-14-20(24)13-23(19-9-10-28(25,26)15-19)12-17-5-7-18(22)8-6-17/h2-8,11,19-20,24H,9-10,12-15H2,1H3. The maximum Gasteiger partial charge on any atom is 0.151 e. The normalized spacial score (nSPS) is 19.6. The molecule has 0 amide bonds. The molecule has 2 aromatic rings. The van der Waals surface area contributed by atoms with Gasteiger partial charge in [0.1, 0.15) is 24.3 Å². The van der Waals surface area contributed by atoms with Crippen molar-refractivity contribution in [3.05, 3.63) is 65.5 Å². The van der Waals surface area contributed by atoms with Crippen molar-refractivity contribution in [3.8, 4) is 5.75 Å². The summed E-state index contributed by atoms with van der Waals surface area (Å²) < 4.78 is 42.7. The number of ether oxygens (including phenoxy) is 1. The average molecular weight is 408 g/mol. The fourth-order valence-electron chi connectivity index (χ4n) is 3.45. The third-order valence-corrected chi connectivity index (χ3v) is 6.65. The fraction of sp³-hybridized carbons (Fsp3) is 0.429. The maximum absolute atomic E-state index is 13.2. The SMILES string of the molecule is Cc1cccc(OCC(O)CN(Cc2ccc(F)cc2)C2CCS(=O)(=O)C2)c1. The first-order chi connectivity index (χ1) is 13.3. The molecule has 1 N–H and O–H groups in total. The van der Waals surface area contributed by atoms with Gasteiger partial charge in [-0.2, -0.15) is 0 Å². The number of nitrogens with zero attached hydrogens (tertiary/aromatic N) is 1. The smallest absolute Gasteiger partial charge is 0.151 e. The van der Waals surface area contributed by atoms with Gasteiger partial charge < -0.3 is 9.84 Å². The van der Waals surface area contributed by atoms with E-state index in [0.29, 0.717) is 18.7 Å². The molecule has 1 saturated heterocycles. The van der Waals surface area contributed by atoms with Gasteiger partial charge in [0, 0.05) is 19.1 Å². The number of sulfone groups is 1. The lowest BCUT2D eigenvalue weighted by molar-refractivity contribution is 0.0524. The Hall–Kier alpha value is -1.96. The quantitative estimate of drug-likeness (QED) is 0.729. The van der Waals surface area contributed by atoms with Gasteiger partial charge in [0.05, 0.1) is 11.5 Å². The zero-order chi connectivity index (χ0) is 20.1. The summed E-state index contributed by atoms with van der Waals surface area (Å²) in [5.74, 6) is 0.616. The minimum atomic E-state index is -3.05. The predicted octanol–water partition coefficient (Wildman–Crippen LogP) is 2.56. The zero-order valence-corrected chi connectivity index (χ0v) is 16.7. The summed E-state index contributed by atoms with van der Waals surface area (Å²) in [5, 5.41) is 10.5. The van der Waals surface area contributed by atoms with Crippen molar-refractivity contribution >= 4 is 9.84 Å². The number of hydrogen-bond acceptors (Lipinski definition) is 5. The summed E-state index contributed by atoms with van der Waals surface area (Å²) in [6.45, 7) is 2.81. The van der Waals surface area contributed by atoms with E-state index in [1.165, 1.54) is 12.1 Å². The van der Waals surface area contributed by atoms with E-state index in [2.05, 4.69) is 0 Å². The first-order valence-electron chi connectivity index (χ1n) is 9.37. The van der Waals surface area contributed by atoms with Crippen LogP contribution in [0.2, 0.25) is 0 Å². The van der Waals surface area contributed by atoms with E-state index in [1.807, 2.05) is 36.1 Å². The number of halogens is 1. The van der Waals surface area contributed by atoms with E-state index in [-0.39, 0.29) is 36.5 Å². The highest BCUT2D eigenvalue weighted by Gasteiger charge is 2.33. The number of hydrogen-bond donors (Lipinski definition) is 1. The Morgan fingerprint density at radius 2 is 2.00 bits per heavy atom. The van der Waals surface area contributed by atoms with Gasteiger partial charge in [-0.05, 0) is 48.7 Å². The minimum absolute atomic E-state index is 0.0830. The van der Waals surface area contributed by atoms with E-state index in [1.54, 1.807) is 12.1 Å². The van der Waals surface area contributed by atoms with Crippen molar-refractivity contribution in [2.45, 2.75) is 32.0 Å². The summed E-state index contributed by atoms with van der Waals surface area (Å²) in [4.78, 5) is 1.96. The highest BCUT2D eigenvalue weighted by atomic mass is 32.2. The minimum Gasteiger partial charge on any atom is -0.491 e. The Morgan fingerprint density at radius 3 is 2.64 bits per heavy atom. The first-order valence-corrected chi connectivity index (χ1v) is 11.2. The Kier molecular flexibility index (Phi) is 6.69. The molecule has 0 radical (unpaired) electrons. The molecular weight excluding hydrogens is 381 g/mol. The maximum atomic E-state index is 13.2. The molecule has 2 atom stereocenters. The molecule has 3 rings (SSSR count). The van der Waals surface area contributed by atoms with Crippen LogP contribution in [0.3, 0.4) is 0 Å². The lowest BCUT2D eigenvalue weighted by atomic mass is 10.1. The van der Waals surface area contributed by atoms with Crippen LogP contribution < -0.4 is 4.74 Å². The van der Waals surface area contributed by atoms with Crippen LogP contribution in [0, 0.1) is 12.7 Å². The van der Waals surface area contributed by atoms with Gasteiger partial charge >= 0.3 is 0 Å². The highest BCUT2D eigenvalue weighted by Crippen LogP contribution is 2.21. The second-order valence-electron chi connectivity index (χ2n) is 7.39. The number of benzene rings is 2. The van der Waals surface area contributed by atoms with Crippen molar-refractivity contribution < 1.29 is 22.7 Å². The van der Waals surface area contributed by atoms with Crippen LogP contribution in [0.25, 0.3) is 0 Å². The van der Waals surface area contributed by atoms with Gasteiger partial charge in [0.25, 0.3) is 0 Å². The Bertz CT molecular complexity index is 886. The Balaban J connectivity index is 1.64. The molecule has 1 heterocycles. The molecule has 0 bridgehead atoms. The Morgan fingerprint density at radius 1 is 1.25 bits per heavy atom. The number of aliphatic hydroxyl groups excluding tert-OH is 1. The largest absolute Gasteiger partial charge is 0.491 e. The zero-order valence-electron chi connectivity index (χ0n) is 15.9. The monoisotopic (exact) mass is 407 g/mol. The van der Waals surface area contributed by atoms with Gasteiger partial charge in [0.2, 0.25) is 0 Å². The third-order valence-electron chi connectivity index (χ3n) is 4.90. The van der Waals surface area contributed by atoms with Gasteiger partial charge in [-0.3, -0.25) is 4.90 Å². The molecule has 1 aliphatic rings. The fourth-order valence-corrected chi connectivity index (χ4v) is 5.21. The lowest BCUT2D eigenvalue weighted by Gasteiger charge is -2.30. The van der Waals surface area contributed by atoms with Crippen LogP contribution in [0.1, 0.15) is 17.5 Å². The summed E-state index contributed by atoms with van der Waals surface area (Å²) in [7, 11) is -3.05. The molecule has 28 heavy (non-hydrogen) atoms. The van der Waals surface area contributed by atoms with Gasteiger partial charge in [-0.15, -0.1) is 0 Å². The van der Waals surface area contributed by atoms with Crippen LogP contribution in [-0.4, -0.2) is 55.2 Å². The number of aliphatic hydroxyl groups is 1. The third kappa shape index (κ3) is 6.02. The van der Waals surface area contributed by atoms with Gasteiger partial charge in [0.15, 0.2) is 9.84 Å². The van der Waals surface area contributed by atoms with Crippen molar-refractivity contribution in [2.24, 2.45) is 0 Å². The van der Waals surface area contributed by atoms with Crippen molar-refractivity contribution in [1.82, 2.24) is 4.90 Å². The number of aryl methyl sites for hydroxylation is 1. The Labute approximate surface area is 165 Å². The van der Waals surface area contributed by atoms with Crippen LogP contribution in [0.5, 0.6) is 5.75 Å². The van der Waals surface area contributed by atoms with Crippen LogP contribution in [0.15, 0.2) is 48.5 Å². The molecule has 1 fully saturated rings. The highest BCUT2D eigenvalue weighted by molar-refractivity contribution is 7.91. The summed E-state index contributed by atoms with van der Waals surface area (Å²) in [6, 6.07) is 13.6. The molecule has 0 saturated carbocycles. The van der Waals surface area contributed by atoms with Crippen molar-refractivity contribution in [3.63, 3.8) is 0 Å².